The Kier molecular flexibility index (Phi) is 6.33. The minimum Gasteiger partial charge on any atom is -0.384 e. The molecular formula is C19H28N4O2. The van der Waals surface area contributed by atoms with Crippen molar-refractivity contribution in [3.05, 3.63) is 47.8 Å². The van der Waals surface area contributed by atoms with E-state index in [4.69, 9.17) is 0 Å². The molecule has 0 aliphatic carbocycles. The van der Waals surface area contributed by atoms with E-state index in [1.54, 1.807) is 24.0 Å². The highest BCUT2D eigenvalue weighted by molar-refractivity contribution is 5.91. The SMILES string of the molecule is CCc1ccccc1NC(=O)C[C@@H](C)NC[C@@](C)(O)c1cnn(C)c1. The van der Waals surface area contributed by atoms with Gasteiger partial charge in [0.15, 0.2) is 0 Å². The largest absolute Gasteiger partial charge is 0.384 e. The van der Waals surface area contributed by atoms with Crippen molar-refractivity contribution in [2.75, 3.05) is 11.9 Å². The van der Waals surface area contributed by atoms with Crippen molar-refractivity contribution in [2.45, 2.75) is 45.3 Å². The molecule has 0 aliphatic heterocycles. The highest BCUT2D eigenvalue weighted by Crippen LogP contribution is 2.19. The van der Waals surface area contributed by atoms with Crippen molar-refractivity contribution in [2.24, 2.45) is 7.05 Å². The second-order valence-corrected chi connectivity index (χ2v) is 6.72. The van der Waals surface area contributed by atoms with Crippen LogP contribution >= 0.6 is 0 Å². The Bertz CT molecular complexity index is 709. The average Bonchev–Trinajstić information content (AvgIpc) is 3.01. The van der Waals surface area contributed by atoms with Gasteiger partial charge in [0.1, 0.15) is 5.60 Å². The van der Waals surface area contributed by atoms with Gasteiger partial charge in [0.25, 0.3) is 0 Å². The highest BCUT2D eigenvalue weighted by atomic mass is 16.3. The van der Waals surface area contributed by atoms with Crippen molar-refractivity contribution in [3.63, 3.8) is 0 Å². The average molecular weight is 344 g/mol. The molecule has 2 atom stereocenters. The second kappa shape index (κ2) is 8.27. The molecule has 6 nitrogen and oxygen atoms in total. The van der Waals surface area contributed by atoms with Crippen molar-refractivity contribution >= 4 is 11.6 Å². The maximum absolute atomic E-state index is 12.3. The molecule has 0 bridgehead atoms. The molecule has 1 heterocycles. The fraction of sp³-hybridized carbons (Fsp3) is 0.474. The summed E-state index contributed by atoms with van der Waals surface area (Å²) in [7, 11) is 1.81. The number of amides is 1. The first-order valence-electron chi connectivity index (χ1n) is 8.64. The lowest BCUT2D eigenvalue weighted by atomic mass is 9.99. The first-order chi connectivity index (χ1) is 11.8. The molecule has 1 aromatic heterocycles. The smallest absolute Gasteiger partial charge is 0.225 e. The lowest BCUT2D eigenvalue weighted by Gasteiger charge is -2.25. The summed E-state index contributed by atoms with van der Waals surface area (Å²) in [6.07, 6.45) is 4.65. The Balaban J connectivity index is 1.85. The summed E-state index contributed by atoms with van der Waals surface area (Å²) >= 11 is 0. The van der Waals surface area contributed by atoms with E-state index in [1.807, 2.05) is 38.2 Å². The lowest BCUT2D eigenvalue weighted by molar-refractivity contribution is -0.116. The van der Waals surface area contributed by atoms with Crippen LogP contribution in [0.3, 0.4) is 0 Å². The zero-order valence-electron chi connectivity index (χ0n) is 15.4. The molecule has 1 aromatic carbocycles. The quantitative estimate of drug-likeness (QED) is 0.686. The van der Waals surface area contributed by atoms with Crippen LogP contribution in [-0.2, 0) is 23.9 Å². The zero-order chi connectivity index (χ0) is 18.4. The van der Waals surface area contributed by atoms with Crippen LogP contribution in [0.1, 0.15) is 38.3 Å². The molecule has 25 heavy (non-hydrogen) atoms. The Morgan fingerprint density at radius 1 is 1.40 bits per heavy atom. The molecule has 0 spiro atoms. The van der Waals surface area contributed by atoms with Crippen molar-refractivity contribution in [3.8, 4) is 0 Å². The normalized spacial score (nSPS) is 14.8. The van der Waals surface area contributed by atoms with Gasteiger partial charge in [-0.25, -0.2) is 0 Å². The minimum atomic E-state index is -1.03. The molecule has 0 aliphatic rings. The van der Waals surface area contributed by atoms with Crippen LogP contribution in [0.15, 0.2) is 36.7 Å². The van der Waals surface area contributed by atoms with Crippen molar-refractivity contribution < 1.29 is 9.90 Å². The predicted molar refractivity (Wildman–Crippen MR) is 99.3 cm³/mol. The van der Waals surface area contributed by atoms with E-state index in [0.717, 1.165) is 23.2 Å². The van der Waals surface area contributed by atoms with E-state index in [0.29, 0.717) is 13.0 Å². The maximum Gasteiger partial charge on any atom is 0.225 e. The van der Waals surface area contributed by atoms with E-state index in [2.05, 4.69) is 22.7 Å². The van der Waals surface area contributed by atoms with Gasteiger partial charge >= 0.3 is 0 Å². The third kappa shape index (κ3) is 5.41. The summed E-state index contributed by atoms with van der Waals surface area (Å²) in [6.45, 7) is 6.08. The number of hydrogen-bond acceptors (Lipinski definition) is 4. The number of anilines is 1. The summed E-state index contributed by atoms with van der Waals surface area (Å²) in [5.74, 6) is -0.0399. The van der Waals surface area contributed by atoms with E-state index in [-0.39, 0.29) is 11.9 Å². The Morgan fingerprint density at radius 3 is 2.76 bits per heavy atom. The van der Waals surface area contributed by atoms with Gasteiger partial charge in [-0.15, -0.1) is 0 Å². The molecule has 0 saturated heterocycles. The molecule has 136 valence electrons. The number of rotatable bonds is 8. The number of hydrogen-bond donors (Lipinski definition) is 3. The summed E-state index contributed by atoms with van der Waals surface area (Å²) in [5, 5.41) is 20.9. The third-order valence-electron chi connectivity index (χ3n) is 4.29. The van der Waals surface area contributed by atoms with Crippen LogP contribution in [0.2, 0.25) is 0 Å². The van der Waals surface area contributed by atoms with Gasteiger partial charge < -0.3 is 15.7 Å². The molecule has 0 saturated carbocycles. The van der Waals surface area contributed by atoms with Gasteiger partial charge in [-0.3, -0.25) is 9.48 Å². The molecule has 6 heteroatoms. The monoisotopic (exact) mass is 344 g/mol. The lowest BCUT2D eigenvalue weighted by Crippen LogP contribution is -2.40. The van der Waals surface area contributed by atoms with Gasteiger partial charge in [-0.1, -0.05) is 25.1 Å². The summed E-state index contributed by atoms with van der Waals surface area (Å²) < 4.78 is 1.66. The van der Waals surface area contributed by atoms with E-state index >= 15 is 0 Å². The number of para-hydroxylation sites is 1. The summed E-state index contributed by atoms with van der Waals surface area (Å²) in [4.78, 5) is 12.3. The van der Waals surface area contributed by atoms with Gasteiger partial charge in [-0.05, 0) is 31.9 Å². The number of carbonyl (C=O) groups excluding carboxylic acids is 1. The van der Waals surface area contributed by atoms with Gasteiger partial charge in [0.05, 0.1) is 6.20 Å². The Labute approximate surface area is 149 Å². The number of carbonyl (C=O) groups is 1. The third-order valence-corrected chi connectivity index (χ3v) is 4.29. The second-order valence-electron chi connectivity index (χ2n) is 6.72. The number of nitrogens with one attached hydrogen (secondary N) is 2. The molecule has 3 N–H and O–H groups in total. The summed E-state index contributed by atoms with van der Waals surface area (Å²) in [6, 6.07) is 7.77. The van der Waals surface area contributed by atoms with Crippen LogP contribution in [0.5, 0.6) is 0 Å². The number of aryl methyl sites for hydroxylation is 2. The molecule has 2 aromatic rings. The molecule has 2 rings (SSSR count). The predicted octanol–water partition coefficient (Wildman–Crippen LogP) is 2.20. The van der Waals surface area contributed by atoms with Gasteiger partial charge in [0.2, 0.25) is 5.91 Å². The van der Waals surface area contributed by atoms with Crippen LogP contribution in [-0.4, -0.2) is 33.4 Å². The number of aromatic nitrogens is 2. The van der Waals surface area contributed by atoms with Crippen LogP contribution in [0, 0.1) is 0 Å². The van der Waals surface area contributed by atoms with Crippen LogP contribution in [0.25, 0.3) is 0 Å². The van der Waals surface area contributed by atoms with Gasteiger partial charge in [-0.2, -0.15) is 5.10 Å². The molecule has 0 radical (unpaired) electrons. The first kappa shape index (κ1) is 19.1. The molecule has 0 unspecified atom stereocenters. The first-order valence-corrected chi connectivity index (χ1v) is 8.64. The van der Waals surface area contributed by atoms with Crippen LogP contribution in [0.4, 0.5) is 5.69 Å². The Hall–Kier alpha value is -2.18. The fourth-order valence-corrected chi connectivity index (χ4v) is 2.68. The number of nitrogens with zero attached hydrogens (tertiary/aromatic N) is 2. The van der Waals surface area contributed by atoms with Crippen LogP contribution < -0.4 is 10.6 Å². The standard InChI is InChI=1S/C19H28N4O2/c1-5-15-8-6-7-9-17(15)22-18(24)10-14(2)20-13-19(3,25)16-11-21-23(4)12-16/h6-9,11-12,14,20,25H,5,10,13H2,1-4H3,(H,22,24)/t14-,19-/m1/s1. The molecule has 1 amide bonds. The minimum absolute atomic E-state index is 0.0399. The number of benzene rings is 1. The maximum atomic E-state index is 12.3. The van der Waals surface area contributed by atoms with E-state index < -0.39 is 5.60 Å². The highest BCUT2D eigenvalue weighted by Gasteiger charge is 2.25. The van der Waals surface area contributed by atoms with Crippen molar-refractivity contribution in [1.29, 1.82) is 0 Å². The van der Waals surface area contributed by atoms with Crippen molar-refractivity contribution in [1.82, 2.24) is 15.1 Å². The zero-order valence-corrected chi connectivity index (χ0v) is 15.4. The van der Waals surface area contributed by atoms with E-state index in [1.165, 1.54) is 0 Å². The van der Waals surface area contributed by atoms with E-state index in [9.17, 15) is 9.90 Å². The molecule has 0 fully saturated rings. The van der Waals surface area contributed by atoms with Gasteiger partial charge in [0, 0.05) is 43.5 Å². The molecular weight excluding hydrogens is 316 g/mol. The topological polar surface area (TPSA) is 79.2 Å². The summed E-state index contributed by atoms with van der Waals surface area (Å²) in [5.41, 5.74) is 1.70. The fourth-order valence-electron chi connectivity index (χ4n) is 2.68. The number of aliphatic hydroxyl groups is 1. The Morgan fingerprint density at radius 2 is 2.12 bits per heavy atom.